The van der Waals surface area contributed by atoms with E-state index in [-0.39, 0.29) is 43.9 Å². The van der Waals surface area contributed by atoms with Crippen molar-refractivity contribution in [1.82, 2.24) is 0 Å². The second-order valence-electron chi connectivity index (χ2n) is 15.0. The largest absolute Gasteiger partial charge is 0.508 e. The molecule has 2 N–H and O–H groups in total. The highest BCUT2D eigenvalue weighted by Gasteiger charge is 2.16. The monoisotopic (exact) mass is 1070 g/mol. The number of esters is 2. The topological polar surface area (TPSA) is 121 Å². The van der Waals surface area contributed by atoms with Gasteiger partial charge in [-0.1, -0.05) is 127 Å². The molecule has 0 atom stereocenters. The molecule has 0 aliphatic carbocycles. The molecule has 0 aliphatic heterocycles. The average molecular weight is 1070 g/mol. The Hall–Kier alpha value is -4.40. The van der Waals surface area contributed by atoms with Crippen molar-refractivity contribution < 1.29 is 43.5 Å². The normalized spacial score (nSPS) is 10.6. The quantitative estimate of drug-likeness (QED) is 0.0445. The molecular formula is C55H62Cl4O9S2. The summed E-state index contributed by atoms with van der Waals surface area (Å²) in [7, 11) is 2.78. The van der Waals surface area contributed by atoms with Gasteiger partial charge < -0.3 is 33.9 Å². The van der Waals surface area contributed by atoms with Crippen molar-refractivity contribution in [3.05, 3.63) is 199 Å². The van der Waals surface area contributed by atoms with Crippen LogP contribution in [0.15, 0.2) is 146 Å². The lowest BCUT2D eigenvalue weighted by atomic mass is 10.0. The zero-order chi connectivity index (χ0) is 49.6. The van der Waals surface area contributed by atoms with Gasteiger partial charge in [0.05, 0.1) is 40.6 Å². The van der Waals surface area contributed by atoms with Gasteiger partial charge in [-0.25, -0.2) is 0 Å². The highest BCUT2D eigenvalue weighted by molar-refractivity contribution is 7.99. The molecule has 0 saturated carbocycles. The van der Waals surface area contributed by atoms with E-state index in [1.165, 1.54) is 14.2 Å². The molecule has 0 unspecified atom stereocenters. The van der Waals surface area contributed by atoms with E-state index in [4.69, 9.17) is 70.8 Å². The Bertz CT molecular complexity index is 2250. The van der Waals surface area contributed by atoms with E-state index in [1.54, 1.807) is 47.8 Å². The molecule has 376 valence electrons. The number of aliphatic hydroxyl groups excluding tert-OH is 1. The maximum Gasteiger partial charge on any atom is 0.305 e. The second kappa shape index (κ2) is 34.8. The van der Waals surface area contributed by atoms with Crippen LogP contribution in [0.1, 0.15) is 65.9 Å². The number of hydrogen-bond donors (Lipinski definition) is 2. The van der Waals surface area contributed by atoms with Crippen LogP contribution in [0.5, 0.6) is 11.5 Å². The summed E-state index contributed by atoms with van der Waals surface area (Å²) < 4.78 is 27.3. The molecule has 0 radical (unpaired) electrons. The van der Waals surface area contributed by atoms with Gasteiger partial charge in [0.2, 0.25) is 0 Å². The van der Waals surface area contributed by atoms with E-state index in [9.17, 15) is 9.59 Å². The molecule has 0 fully saturated rings. The summed E-state index contributed by atoms with van der Waals surface area (Å²) in [5.74, 6) is 3.94. The van der Waals surface area contributed by atoms with Gasteiger partial charge in [-0.2, -0.15) is 23.5 Å². The Morgan fingerprint density at radius 2 is 0.814 bits per heavy atom. The maximum atomic E-state index is 11.2. The predicted octanol–water partition coefficient (Wildman–Crippen LogP) is 14.0. The first-order valence-electron chi connectivity index (χ1n) is 22.1. The summed E-state index contributed by atoms with van der Waals surface area (Å²) in [6.45, 7) is 2.03. The highest BCUT2D eigenvalue weighted by Crippen LogP contribution is 2.30. The zero-order valence-electron chi connectivity index (χ0n) is 38.6. The Labute approximate surface area is 442 Å². The minimum atomic E-state index is -0.215. The van der Waals surface area contributed by atoms with Crippen LogP contribution in [0.4, 0.5) is 0 Å². The molecule has 0 amide bonds. The van der Waals surface area contributed by atoms with E-state index in [0.717, 1.165) is 62.1 Å². The number of ether oxygens (including phenoxy) is 5. The van der Waals surface area contributed by atoms with E-state index in [0.29, 0.717) is 65.6 Å². The second-order valence-corrected chi connectivity index (χ2v) is 19.2. The molecule has 6 aromatic rings. The Morgan fingerprint density at radius 3 is 1.16 bits per heavy atom. The number of hydrogen-bond acceptors (Lipinski definition) is 11. The van der Waals surface area contributed by atoms with Gasteiger partial charge in [0, 0.05) is 55.9 Å². The lowest BCUT2D eigenvalue weighted by molar-refractivity contribution is -0.141. The van der Waals surface area contributed by atoms with Crippen molar-refractivity contribution in [2.24, 2.45) is 0 Å². The van der Waals surface area contributed by atoms with Crippen LogP contribution in [0, 0.1) is 0 Å². The van der Waals surface area contributed by atoms with Gasteiger partial charge in [0.1, 0.15) is 23.7 Å². The highest BCUT2D eigenvalue weighted by atomic mass is 35.5. The van der Waals surface area contributed by atoms with Crippen LogP contribution in [-0.2, 0) is 41.4 Å². The first-order valence-corrected chi connectivity index (χ1v) is 25.9. The Morgan fingerprint density at radius 1 is 0.486 bits per heavy atom. The third kappa shape index (κ3) is 23.7. The first kappa shape index (κ1) is 59.9. The lowest BCUT2D eigenvalue weighted by Gasteiger charge is -2.19. The van der Waals surface area contributed by atoms with E-state index in [2.05, 4.69) is 9.47 Å². The molecule has 0 bridgehead atoms. The minimum absolute atomic E-state index is 0. The fraction of sp³-hybridized carbons (Fsp3) is 0.309. The first-order chi connectivity index (χ1) is 33.5. The molecular weight excluding hydrogens is 1010 g/mol. The number of aryl methyl sites for hydroxylation is 2. The molecule has 0 heterocycles. The van der Waals surface area contributed by atoms with Crippen molar-refractivity contribution in [2.45, 2.75) is 45.3 Å². The van der Waals surface area contributed by atoms with Crippen molar-refractivity contribution in [3.8, 4) is 11.5 Å². The number of methoxy groups -OCH3 is 2. The zero-order valence-corrected chi connectivity index (χ0v) is 43.2. The summed E-state index contributed by atoms with van der Waals surface area (Å²) in [6, 6.07) is 45.4. The number of benzene rings is 6. The molecule has 70 heavy (non-hydrogen) atoms. The number of carbonyl (C=O) groups excluding carboxylic acids is 2. The third-order valence-corrected chi connectivity index (χ3v) is 12.8. The van der Waals surface area contributed by atoms with Gasteiger partial charge in [0.15, 0.2) is 0 Å². The minimum Gasteiger partial charge on any atom is -0.508 e. The predicted molar refractivity (Wildman–Crippen MR) is 291 cm³/mol. The van der Waals surface area contributed by atoms with Gasteiger partial charge in [-0.15, -0.1) is 0 Å². The van der Waals surface area contributed by atoms with E-state index < -0.39 is 0 Å². The molecule has 0 saturated heterocycles. The average Bonchev–Trinajstić information content (AvgIpc) is 3.37. The van der Waals surface area contributed by atoms with Crippen LogP contribution in [0.2, 0.25) is 20.1 Å². The fourth-order valence-corrected chi connectivity index (χ4v) is 8.04. The van der Waals surface area contributed by atoms with Gasteiger partial charge in [-0.3, -0.25) is 9.59 Å². The number of halogens is 4. The lowest BCUT2D eigenvalue weighted by Crippen LogP contribution is -2.09. The molecule has 0 spiro atoms. The van der Waals surface area contributed by atoms with Crippen molar-refractivity contribution in [1.29, 1.82) is 0 Å². The summed E-state index contributed by atoms with van der Waals surface area (Å²) in [6.07, 6.45) is 1.74. The molecule has 15 heteroatoms. The van der Waals surface area contributed by atoms with Crippen molar-refractivity contribution in [3.63, 3.8) is 0 Å². The van der Waals surface area contributed by atoms with E-state index >= 15 is 0 Å². The number of aromatic hydroxyl groups is 1. The summed E-state index contributed by atoms with van der Waals surface area (Å²) in [5, 5.41) is 20.6. The fourth-order valence-electron chi connectivity index (χ4n) is 6.37. The SMILES string of the molecule is C.COC(=O)CCc1ccc(O)cc1.COC(=O)CCc1ccc(OCCSCCOC(c2ccc(Cl)cc2)c2ccc(Cl)cc2)cc1.OCCSCCOC(c1ccc(Cl)cc1)c1ccc(Cl)cc1. The van der Waals surface area contributed by atoms with Gasteiger partial charge in [0.25, 0.3) is 0 Å². The molecule has 6 aromatic carbocycles. The molecule has 0 aromatic heterocycles. The molecule has 6 rings (SSSR count). The maximum absolute atomic E-state index is 11.2. The van der Waals surface area contributed by atoms with Crippen LogP contribution < -0.4 is 4.74 Å². The number of phenols is 1. The number of aliphatic hydroxyl groups is 1. The summed E-state index contributed by atoms with van der Waals surface area (Å²) in [4.78, 5) is 22.0. The summed E-state index contributed by atoms with van der Waals surface area (Å²) in [5.41, 5.74) is 6.31. The van der Waals surface area contributed by atoms with Gasteiger partial charge >= 0.3 is 11.9 Å². The van der Waals surface area contributed by atoms with Crippen molar-refractivity contribution >= 4 is 81.9 Å². The van der Waals surface area contributed by atoms with Crippen LogP contribution in [-0.4, -0.2) is 85.8 Å². The Balaban J connectivity index is 0.000000307. The standard InChI is InChI=1S/C27H28Cl2O4S.C17H18Cl2O2S.C10H12O3.CH4/c1-31-26(30)15-4-20-2-13-25(14-3-20)32-16-18-34-19-17-33-27(21-5-9-23(28)10-6-21)22-7-11-24(29)12-8-22;18-15-5-1-13(2-6-15)17(21-10-12-22-11-9-20)14-3-7-16(19)8-4-14;1-13-10(12)7-4-8-2-5-9(11)6-3-8;/h2-3,5-14,27H,4,15-19H2,1H3;1-8,17,20H,9-12H2;2-3,5-6,11H,4,7H2,1H3;1H4. The number of carbonyl (C=O) groups is 2. The van der Waals surface area contributed by atoms with E-state index in [1.807, 2.05) is 121 Å². The Kier molecular flexibility index (Phi) is 29.8. The number of phenolic OH excluding ortho intramolecular Hbond substituents is 1. The van der Waals surface area contributed by atoms with Crippen LogP contribution >= 0.6 is 69.9 Å². The summed E-state index contributed by atoms with van der Waals surface area (Å²) >= 11 is 27.5. The van der Waals surface area contributed by atoms with Crippen molar-refractivity contribution in [2.75, 3.05) is 63.7 Å². The number of rotatable bonds is 24. The van der Waals surface area contributed by atoms with Crippen LogP contribution in [0.25, 0.3) is 0 Å². The smallest absolute Gasteiger partial charge is 0.305 e. The van der Waals surface area contributed by atoms with Gasteiger partial charge in [-0.05, 0) is 119 Å². The number of thioether (sulfide) groups is 2. The third-order valence-electron chi connectivity index (χ3n) is 10.00. The van der Waals surface area contributed by atoms with Crippen LogP contribution in [0.3, 0.4) is 0 Å². The molecule has 0 aliphatic rings. The molecule has 9 nitrogen and oxygen atoms in total.